The van der Waals surface area contributed by atoms with Crippen molar-refractivity contribution in [3.05, 3.63) is 12.7 Å². The second-order valence-electron chi connectivity index (χ2n) is 9.84. The molecule has 5 N–H and O–H groups in total. The number of rotatable bonds is 8. The molecule has 2 rings (SSSR count). The number of fused-ring (bicyclic) bond motifs is 1. The van der Waals surface area contributed by atoms with Crippen molar-refractivity contribution in [2.75, 3.05) is 19.7 Å². The van der Waals surface area contributed by atoms with E-state index >= 15 is 0 Å². The van der Waals surface area contributed by atoms with Gasteiger partial charge in [-0.1, -0.05) is 40.7 Å². The maximum atomic E-state index is 13.1. The highest BCUT2D eigenvalue weighted by Gasteiger charge is 2.69. The molecule has 3 amide bonds. The van der Waals surface area contributed by atoms with Crippen LogP contribution in [-0.2, 0) is 19.2 Å². The van der Waals surface area contributed by atoms with Crippen LogP contribution in [0.1, 0.15) is 34.6 Å². The van der Waals surface area contributed by atoms with Gasteiger partial charge in [-0.2, -0.15) is 0 Å². The average molecular weight is 423 g/mol. The van der Waals surface area contributed by atoms with Crippen molar-refractivity contribution in [3.63, 3.8) is 0 Å². The number of Topliss-reactive ketones (excluding diaryl/α,β-unsaturated/α-hetero) is 1. The zero-order valence-corrected chi connectivity index (χ0v) is 18.4. The van der Waals surface area contributed by atoms with Crippen LogP contribution in [0.25, 0.3) is 0 Å². The molecule has 2 aliphatic rings. The third kappa shape index (κ3) is 4.41. The summed E-state index contributed by atoms with van der Waals surface area (Å²) in [5, 5.41) is 14.4. The van der Waals surface area contributed by atoms with E-state index in [1.54, 1.807) is 0 Å². The highest BCUT2D eigenvalue weighted by molar-refractivity contribution is 6.38. The van der Waals surface area contributed by atoms with Crippen LogP contribution in [0.2, 0.25) is 0 Å². The maximum Gasteiger partial charge on any atom is 0.289 e. The van der Waals surface area contributed by atoms with Gasteiger partial charge in [0.2, 0.25) is 17.6 Å². The molecule has 1 saturated heterocycles. The third-order valence-electron chi connectivity index (χ3n) is 6.41. The Bertz CT molecular complexity index is 742. The Labute approximate surface area is 177 Å². The number of hydrogen-bond donors (Lipinski definition) is 4. The minimum absolute atomic E-state index is 0.0716. The number of nitrogens with zero attached hydrogens (tertiary/aromatic N) is 1. The van der Waals surface area contributed by atoms with Gasteiger partial charge in [0.05, 0.1) is 12.6 Å². The summed E-state index contributed by atoms with van der Waals surface area (Å²) < 4.78 is 0. The van der Waals surface area contributed by atoms with Gasteiger partial charge in [0.1, 0.15) is 12.1 Å². The van der Waals surface area contributed by atoms with Gasteiger partial charge in [0.25, 0.3) is 5.91 Å². The lowest BCUT2D eigenvalue weighted by molar-refractivity contribution is -0.145. The summed E-state index contributed by atoms with van der Waals surface area (Å²) in [5.74, 6) is -2.68. The standard InChI is InChI=1S/C21H34N4O5/c1-7-8-23-18(29)15(27)12(10-26)24-17(28)14-13-11(21(13,5)6)9-25(14)19(30)16(22)20(2,3)4/h7,11-14,16,26H,1,8-10,22H2,2-6H3,(H,23,29)(H,24,28)/t11-,12?,13?,14-,16+/m0/s1. The van der Waals surface area contributed by atoms with Crippen LogP contribution in [0.5, 0.6) is 0 Å². The summed E-state index contributed by atoms with van der Waals surface area (Å²) in [6.45, 7) is 12.8. The first-order valence-electron chi connectivity index (χ1n) is 10.2. The van der Waals surface area contributed by atoms with Gasteiger partial charge in [0.15, 0.2) is 0 Å². The number of carbonyl (C=O) groups excluding carboxylic acids is 4. The second-order valence-corrected chi connectivity index (χ2v) is 9.84. The van der Waals surface area contributed by atoms with Crippen LogP contribution in [0.3, 0.4) is 0 Å². The molecule has 1 saturated carbocycles. The molecule has 2 fully saturated rings. The molecule has 9 nitrogen and oxygen atoms in total. The van der Waals surface area contributed by atoms with E-state index in [1.807, 2.05) is 34.6 Å². The van der Waals surface area contributed by atoms with Gasteiger partial charge in [0, 0.05) is 13.1 Å². The van der Waals surface area contributed by atoms with E-state index < -0.39 is 47.7 Å². The highest BCUT2D eigenvalue weighted by Crippen LogP contribution is 2.65. The van der Waals surface area contributed by atoms with E-state index in [9.17, 15) is 24.3 Å². The van der Waals surface area contributed by atoms with Crippen LogP contribution in [0.4, 0.5) is 0 Å². The van der Waals surface area contributed by atoms with E-state index in [0.717, 1.165) is 0 Å². The van der Waals surface area contributed by atoms with E-state index in [1.165, 1.54) is 11.0 Å². The summed E-state index contributed by atoms with van der Waals surface area (Å²) >= 11 is 0. The quantitative estimate of drug-likeness (QED) is 0.298. The Kier molecular flexibility index (Phi) is 6.78. The zero-order valence-electron chi connectivity index (χ0n) is 18.4. The lowest BCUT2D eigenvalue weighted by atomic mass is 9.86. The highest BCUT2D eigenvalue weighted by atomic mass is 16.3. The number of piperidine rings is 1. The molecule has 0 aromatic heterocycles. The molecule has 5 atom stereocenters. The molecule has 0 aromatic rings. The molecule has 0 radical (unpaired) electrons. The number of amides is 3. The monoisotopic (exact) mass is 422 g/mol. The predicted octanol–water partition coefficient (Wildman–Crippen LogP) is -0.809. The van der Waals surface area contributed by atoms with Gasteiger partial charge >= 0.3 is 0 Å². The molecule has 168 valence electrons. The predicted molar refractivity (Wildman–Crippen MR) is 111 cm³/mol. The van der Waals surface area contributed by atoms with Crippen LogP contribution in [0.15, 0.2) is 12.7 Å². The fourth-order valence-electron chi connectivity index (χ4n) is 4.22. The fraction of sp³-hybridized carbons (Fsp3) is 0.714. The first-order valence-corrected chi connectivity index (χ1v) is 10.2. The fourth-order valence-corrected chi connectivity index (χ4v) is 4.22. The van der Waals surface area contributed by atoms with Gasteiger partial charge in [-0.3, -0.25) is 19.2 Å². The minimum atomic E-state index is -1.39. The van der Waals surface area contributed by atoms with Crippen molar-refractivity contribution in [3.8, 4) is 0 Å². The number of ketones is 1. The first-order chi connectivity index (χ1) is 13.8. The Hall–Kier alpha value is -2.26. The van der Waals surface area contributed by atoms with Crippen molar-refractivity contribution in [2.45, 2.75) is 52.7 Å². The molecular formula is C21H34N4O5. The topological polar surface area (TPSA) is 142 Å². The van der Waals surface area contributed by atoms with E-state index in [0.29, 0.717) is 6.54 Å². The summed E-state index contributed by atoms with van der Waals surface area (Å²) in [5.41, 5.74) is 5.55. The molecule has 1 aliphatic heterocycles. The number of likely N-dealkylation sites (tertiary alicyclic amines) is 1. The first kappa shape index (κ1) is 24.0. The van der Waals surface area contributed by atoms with Gasteiger partial charge < -0.3 is 26.4 Å². The van der Waals surface area contributed by atoms with Crippen molar-refractivity contribution < 1.29 is 24.3 Å². The molecule has 0 aromatic carbocycles. The van der Waals surface area contributed by atoms with Crippen LogP contribution >= 0.6 is 0 Å². The normalized spacial score (nSPS) is 26.2. The minimum Gasteiger partial charge on any atom is -0.394 e. The number of nitrogens with two attached hydrogens (primary N) is 1. The smallest absolute Gasteiger partial charge is 0.289 e. The number of carbonyl (C=O) groups is 4. The molecule has 1 aliphatic carbocycles. The number of aliphatic hydroxyl groups is 1. The molecular weight excluding hydrogens is 388 g/mol. The lowest BCUT2D eigenvalue weighted by Gasteiger charge is -2.36. The van der Waals surface area contributed by atoms with E-state index in [4.69, 9.17) is 5.73 Å². The van der Waals surface area contributed by atoms with Gasteiger partial charge in [-0.15, -0.1) is 6.58 Å². The maximum absolute atomic E-state index is 13.1. The zero-order chi connectivity index (χ0) is 23.0. The number of aliphatic hydroxyl groups excluding tert-OH is 1. The Morgan fingerprint density at radius 1 is 1.30 bits per heavy atom. The van der Waals surface area contributed by atoms with Crippen LogP contribution in [-0.4, -0.2) is 71.3 Å². The summed E-state index contributed by atoms with van der Waals surface area (Å²) in [6, 6.07) is -2.98. The Morgan fingerprint density at radius 3 is 2.40 bits per heavy atom. The van der Waals surface area contributed by atoms with Gasteiger partial charge in [-0.05, 0) is 22.7 Å². The Balaban J connectivity index is 2.19. The van der Waals surface area contributed by atoms with Crippen molar-refractivity contribution in [2.24, 2.45) is 28.4 Å². The number of nitrogens with one attached hydrogen (secondary N) is 2. The number of hydrogen-bond acceptors (Lipinski definition) is 6. The van der Waals surface area contributed by atoms with E-state index in [2.05, 4.69) is 17.2 Å². The van der Waals surface area contributed by atoms with Gasteiger partial charge in [-0.25, -0.2) is 0 Å². The molecule has 9 heteroatoms. The van der Waals surface area contributed by atoms with E-state index in [-0.39, 0.29) is 29.7 Å². The van der Waals surface area contributed by atoms with Crippen molar-refractivity contribution in [1.29, 1.82) is 0 Å². The second kappa shape index (κ2) is 8.47. The summed E-state index contributed by atoms with van der Waals surface area (Å²) in [4.78, 5) is 51.8. The largest absolute Gasteiger partial charge is 0.394 e. The molecule has 0 spiro atoms. The molecule has 0 bridgehead atoms. The summed E-state index contributed by atoms with van der Waals surface area (Å²) in [6.07, 6.45) is 1.41. The molecule has 2 unspecified atom stereocenters. The molecule has 30 heavy (non-hydrogen) atoms. The Morgan fingerprint density at radius 2 is 1.90 bits per heavy atom. The van der Waals surface area contributed by atoms with Crippen LogP contribution in [0, 0.1) is 22.7 Å². The average Bonchev–Trinajstić information content (AvgIpc) is 3.03. The van der Waals surface area contributed by atoms with Crippen molar-refractivity contribution in [1.82, 2.24) is 15.5 Å². The van der Waals surface area contributed by atoms with Crippen LogP contribution < -0.4 is 16.4 Å². The third-order valence-corrected chi connectivity index (χ3v) is 6.41. The SMILES string of the molecule is C=CCNC(=O)C(=O)C(CO)NC(=O)[C@@H]1C2[C@H](CN1C(=O)[C@@H](N)C(C)(C)C)C2(C)C. The molecule has 1 heterocycles. The lowest BCUT2D eigenvalue weighted by Crippen LogP contribution is -2.59. The van der Waals surface area contributed by atoms with Crippen molar-refractivity contribution >= 4 is 23.5 Å². The summed E-state index contributed by atoms with van der Waals surface area (Å²) in [7, 11) is 0.